The van der Waals surface area contributed by atoms with Crippen molar-refractivity contribution in [2.45, 2.75) is 43.7 Å². The van der Waals surface area contributed by atoms with E-state index in [0.29, 0.717) is 36.0 Å². The second-order valence-electron chi connectivity index (χ2n) is 9.24. The topological polar surface area (TPSA) is 77.5 Å². The average Bonchev–Trinajstić information content (AvgIpc) is 2.90. The molecule has 3 atom stereocenters. The van der Waals surface area contributed by atoms with Crippen molar-refractivity contribution in [3.63, 3.8) is 0 Å². The Morgan fingerprint density at radius 1 is 0.943 bits per heavy atom. The molecule has 0 bridgehead atoms. The monoisotopic (exact) mass is 481 g/mol. The van der Waals surface area contributed by atoms with Gasteiger partial charge in [-0.3, -0.25) is 4.79 Å². The Labute approximate surface area is 207 Å². The predicted molar refractivity (Wildman–Crippen MR) is 134 cm³/mol. The van der Waals surface area contributed by atoms with Gasteiger partial charge < -0.3 is 29.0 Å². The van der Waals surface area contributed by atoms with E-state index in [-0.39, 0.29) is 17.9 Å². The molecule has 1 aliphatic heterocycles. The summed E-state index contributed by atoms with van der Waals surface area (Å²) in [5.74, 6) is 2.43. The largest absolute Gasteiger partial charge is 0.497 e. The molecule has 7 nitrogen and oxygen atoms in total. The number of rotatable bonds is 7. The van der Waals surface area contributed by atoms with Crippen LogP contribution in [0, 0.1) is 5.92 Å². The quantitative estimate of drug-likeness (QED) is 0.581. The van der Waals surface area contributed by atoms with Crippen LogP contribution in [-0.4, -0.2) is 56.5 Å². The second kappa shape index (κ2) is 10.6. The number of ether oxygens (including phenoxy) is 4. The van der Waals surface area contributed by atoms with Gasteiger partial charge in [0.1, 0.15) is 11.5 Å². The third-order valence-corrected chi connectivity index (χ3v) is 7.43. The van der Waals surface area contributed by atoms with Crippen molar-refractivity contribution in [1.82, 2.24) is 4.90 Å². The first-order chi connectivity index (χ1) is 16.9. The van der Waals surface area contributed by atoms with Crippen LogP contribution in [0.5, 0.6) is 23.0 Å². The number of piperidine rings is 1. The molecule has 2 fully saturated rings. The van der Waals surface area contributed by atoms with Crippen molar-refractivity contribution in [3.8, 4) is 23.0 Å². The molecule has 0 radical (unpaired) electrons. The maximum absolute atomic E-state index is 13.6. The zero-order valence-electron chi connectivity index (χ0n) is 21.0. The average molecular weight is 482 g/mol. The Morgan fingerprint density at radius 3 is 2.40 bits per heavy atom. The molecule has 1 saturated carbocycles. The molecule has 4 rings (SSSR count). The molecular formula is C28H35NO6. The van der Waals surface area contributed by atoms with Gasteiger partial charge in [0, 0.05) is 24.1 Å². The first-order valence-corrected chi connectivity index (χ1v) is 12.1. The van der Waals surface area contributed by atoms with Crippen molar-refractivity contribution in [2.24, 2.45) is 5.92 Å². The summed E-state index contributed by atoms with van der Waals surface area (Å²) >= 11 is 0. The molecule has 7 heteroatoms. The first kappa shape index (κ1) is 24.9. The summed E-state index contributed by atoms with van der Waals surface area (Å²) in [6.45, 7) is 0.465. The van der Waals surface area contributed by atoms with Crippen molar-refractivity contribution < 1.29 is 28.8 Å². The van der Waals surface area contributed by atoms with Gasteiger partial charge in [-0.15, -0.1) is 0 Å². The summed E-state index contributed by atoms with van der Waals surface area (Å²) in [7, 11) is 6.43. The standard InChI is InChI=1S/C28H35NO6/c1-32-20-10-12-23(33-2)21(18-20)27-22-7-5-6-14-28(22,31)15-16-29(27)26(30)13-9-19-8-11-24(34-3)25(17-19)35-4/h8-13,17-18,22,27,31H,5-7,14-16H2,1-4H3/b13-9+/t22-,27-,28-/m0/s1. The highest BCUT2D eigenvalue weighted by Crippen LogP contribution is 2.51. The number of fused-ring (bicyclic) bond motifs is 1. The van der Waals surface area contributed by atoms with Crippen LogP contribution >= 0.6 is 0 Å². The number of benzene rings is 2. The van der Waals surface area contributed by atoms with Crippen LogP contribution in [-0.2, 0) is 4.79 Å². The van der Waals surface area contributed by atoms with Gasteiger partial charge in [-0.05, 0) is 61.2 Å². The fraction of sp³-hybridized carbons (Fsp3) is 0.464. The van der Waals surface area contributed by atoms with E-state index in [1.165, 1.54) is 0 Å². The lowest BCUT2D eigenvalue weighted by Crippen LogP contribution is -2.56. The van der Waals surface area contributed by atoms with Gasteiger partial charge in [0.2, 0.25) is 5.91 Å². The van der Waals surface area contributed by atoms with Crippen LogP contribution in [0.1, 0.15) is 49.3 Å². The molecule has 0 aromatic heterocycles. The summed E-state index contributed by atoms with van der Waals surface area (Å²) in [5.41, 5.74) is 0.906. The van der Waals surface area contributed by atoms with Gasteiger partial charge in [-0.25, -0.2) is 0 Å². The van der Waals surface area contributed by atoms with E-state index in [1.807, 2.05) is 41.3 Å². The Balaban J connectivity index is 1.70. The minimum Gasteiger partial charge on any atom is -0.497 e. The number of nitrogens with zero attached hydrogens (tertiary/aromatic N) is 1. The highest BCUT2D eigenvalue weighted by Gasteiger charge is 2.50. The molecule has 1 N–H and O–H groups in total. The predicted octanol–water partition coefficient (Wildman–Crippen LogP) is 4.63. The van der Waals surface area contributed by atoms with Gasteiger partial charge in [0.25, 0.3) is 0 Å². The van der Waals surface area contributed by atoms with E-state index in [9.17, 15) is 9.90 Å². The highest BCUT2D eigenvalue weighted by molar-refractivity contribution is 5.92. The molecule has 0 spiro atoms. The van der Waals surface area contributed by atoms with Crippen LogP contribution < -0.4 is 18.9 Å². The van der Waals surface area contributed by atoms with Gasteiger partial charge in [-0.1, -0.05) is 18.9 Å². The molecule has 188 valence electrons. The third kappa shape index (κ3) is 4.96. The van der Waals surface area contributed by atoms with Crippen molar-refractivity contribution >= 4 is 12.0 Å². The minimum atomic E-state index is -0.791. The summed E-state index contributed by atoms with van der Waals surface area (Å²) in [6, 6.07) is 10.9. The fourth-order valence-electron chi connectivity index (χ4n) is 5.60. The molecule has 2 aliphatic rings. The maximum atomic E-state index is 13.6. The number of carbonyl (C=O) groups excluding carboxylic acids is 1. The van der Waals surface area contributed by atoms with Crippen molar-refractivity contribution in [3.05, 3.63) is 53.6 Å². The fourth-order valence-corrected chi connectivity index (χ4v) is 5.60. The lowest BCUT2D eigenvalue weighted by molar-refractivity contribution is -0.151. The summed E-state index contributed by atoms with van der Waals surface area (Å²) in [6.07, 6.45) is 7.58. The molecule has 2 aromatic rings. The second-order valence-corrected chi connectivity index (χ2v) is 9.24. The Hall–Kier alpha value is -3.19. The molecular weight excluding hydrogens is 446 g/mol. The van der Waals surface area contributed by atoms with E-state index in [0.717, 1.165) is 36.8 Å². The van der Waals surface area contributed by atoms with Crippen LogP contribution in [0.4, 0.5) is 0 Å². The lowest BCUT2D eigenvalue weighted by atomic mass is 9.66. The SMILES string of the molecule is COc1ccc(OC)c([C@H]2[C@@H]3CCCC[C@]3(O)CCN2C(=O)/C=C/c2ccc(OC)c(OC)c2)c1. The first-order valence-electron chi connectivity index (χ1n) is 12.1. The van der Waals surface area contributed by atoms with E-state index in [4.69, 9.17) is 18.9 Å². The number of hydrogen-bond acceptors (Lipinski definition) is 6. The number of carbonyl (C=O) groups is 1. The van der Waals surface area contributed by atoms with Crippen LogP contribution in [0.2, 0.25) is 0 Å². The molecule has 1 amide bonds. The lowest BCUT2D eigenvalue weighted by Gasteiger charge is -2.52. The van der Waals surface area contributed by atoms with Gasteiger partial charge in [0.05, 0.1) is 40.1 Å². The van der Waals surface area contributed by atoms with Crippen LogP contribution in [0.25, 0.3) is 6.08 Å². The maximum Gasteiger partial charge on any atom is 0.247 e. The molecule has 1 saturated heterocycles. The molecule has 2 aromatic carbocycles. The Kier molecular flexibility index (Phi) is 7.55. The van der Waals surface area contributed by atoms with Crippen molar-refractivity contribution in [2.75, 3.05) is 35.0 Å². The van der Waals surface area contributed by atoms with Crippen molar-refractivity contribution in [1.29, 1.82) is 0 Å². The summed E-state index contributed by atoms with van der Waals surface area (Å²) in [4.78, 5) is 15.5. The zero-order valence-corrected chi connectivity index (χ0v) is 21.0. The van der Waals surface area contributed by atoms with Crippen LogP contribution in [0.15, 0.2) is 42.5 Å². The number of methoxy groups -OCH3 is 4. The molecule has 1 heterocycles. The van der Waals surface area contributed by atoms with Crippen LogP contribution in [0.3, 0.4) is 0 Å². The molecule has 35 heavy (non-hydrogen) atoms. The summed E-state index contributed by atoms with van der Waals surface area (Å²) < 4.78 is 21.9. The normalized spacial score (nSPS) is 24.1. The smallest absolute Gasteiger partial charge is 0.247 e. The number of likely N-dealkylation sites (tertiary alicyclic amines) is 1. The zero-order chi connectivity index (χ0) is 25.0. The van der Waals surface area contributed by atoms with E-state index >= 15 is 0 Å². The molecule has 1 aliphatic carbocycles. The number of amides is 1. The van der Waals surface area contributed by atoms with E-state index in [1.54, 1.807) is 40.6 Å². The Bertz CT molecular complexity index is 1080. The van der Waals surface area contributed by atoms with E-state index < -0.39 is 5.60 Å². The summed E-state index contributed by atoms with van der Waals surface area (Å²) in [5, 5.41) is 11.6. The number of aliphatic hydroxyl groups is 1. The third-order valence-electron chi connectivity index (χ3n) is 7.43. The highest BCUT2D eigenvalue weighted by atomic mass is 16.5. The Morgan fingerprint density at radius 2 is 1.69 bits per heavy atom. The van der Waals surface area contributed by atoms with Gasteiger partial charge in [0.15, 0.2) is 11.5 Å². The van der Waals surface area contributed by atoms with Gasteiger partial charge >= 0.3 is 0 Å². The van der Waals surface area contributed by atoms with E-state index in [2.05, 4.69) is 0 Å². The number of hydrogen-bond donors (Lipinski definition) is 1. The minimum absolute atomic E-state index is 0.0792. The molecule has 0 unspecified atom stereocenters. The van der Waals surface area contributed by atoms with Gasteiger partial charge in [-0.2, -0.15) is 0 Å².